The highest BCUT2D eigenvalue weighted by atomic mass is 31.1. The minimum atomic E-state index is 0.188. The van der Waals surface area contributed by atoms with Crippen LogP contribution in [-0.2, 0) is 4.79 Å². The SMILES string of the molecule is O=C[C@@H]1CCC=C1Pc1ccccc1. The van der Waals surface area contributed by atoms with E-state index >= 15 is 0 Å². The Morgan fingerprint density at radius 1 is 1.29 bits per heavy atom. The first-order chi connectivity index (χ1) is 6.90. The predicted molar refractivity (Wildman–Crippen MR) is 61.3 cm³/mol. The molecule has 1 aliphatic rings. The Morgan fingerprint density at radius 3 is 2.79 bits per heavy atom. The second kappa shape index (κ2) is 4.52. The Bertz CT molecular complexity index is 343. The smallest absolute Gasteiger partial charge is 0.127 e. The molecule has 72 valence electrons. The van der Waals surface area contributed by atoms with Crippen LogP contribution in [0.25, 0.3) is 0 Å². The van der Waals surface area contributed by atoms with Crippen LogP contribution in [0, 0.1) is 5.92 Å². The van der Waals surface area contributed by atoms with E-state index in [2.05, 4.69) is 18.2 Å². The number of carbonyl (C=O) groups is 1. The van der Waals surface area contributed by atoms with Gasteiger partial charge in [-0.05, 0) is 23.5 Å². The zero-order valence-electron chi connectivity index (χ0n) is 7.94. The van der Waals surface area contributed by atoms with Crippen molar-refractivity contribution in [3.8, 4) is 0 Å². The van der Waals surface area contributed by atoms with Crippen LogP contribution in [0.2, 0.25) is 0 Å². The third kappa shape index (κ3) is 2.10. The molecule has 0 aliphatic heterocycles. The average molecular weight is 204 g/mol. The molecule has 0 aromatic heterocycles. The molecule has 0 radical (unpaired) electrons. The van der Waals surface area contributed by atoms with Crippen molar-refractivity contribution in [3.05, 3.63) is 41.7 Å². The standard InChI is InChI=1S/C12H13OP/c13-9-10-5-4-8-12(10)14-11-6-2-1-3-7-11/h1-3,6-10,14H,4-5H2/t10-/m0/s1. The molecule has 0 saturated carbocycles. The quantitative estimate of drug-likeness (QED) is 0.546. The average Bonchev–Trinajstić information content (AvgIpc) is 2.67. The van der Waals surface area contributed by atoms with E-state index in [4.69, 9.17) is 0 Å². The molecule has 0 N–H and O–H groups in total. The minimum absolute atomic E-state index is 0.188. The summed E-state index contributed by atoms with van der Waals surface area (Å²) in [5.74, 6) is 0.188. The number of hydrogen-bond donors (Lipinski definition) is 0. The van der Waals surface area contributed by atoms with E-state index in [1.807, 2.05) is 18.2 Å². The molecule has 2 heteroatoms. The van der Waals surface area contributed by atoms with Gasteiger partial charge in [0.2, 0.25) is 0 Å². The molecule has 0 fully saturated rings. The van der Waals surface area contributed by atoms with Crippen LogP contribution in [-0.4, -0.2) is 6.29 Å². The zero-order valence-corrected chi connectivity index (χ0v) is 8.94. The summed E-state index contributed by atoms with van der Waals surface area (Å²) in [4.78, 5) is 10.8. The molecule has 1 aromatic rings. The van der Waals surface area contributed by atoms with E-state index in [1.165, 1.54) is 10.6 Å². The molecular weight excluding hydrogens is 191 g/mol. The second-order valence-corrected chi connectivity index (χ2v) is 4.88. The molecule has 2 atom stereocenters. The third-order valence-electron chi connectivity index (χ3n) is 2.47. The van der Waals surface area contributed by atoms with Gasteiger partial charge in [-0.3, -0.25) is 0 Å². The van der Waals surface area contributed by atoms with E-state index in [0.717, 1.165) is 19.1 Å². The number of allylic oxidation sites excluding steroid dienone is 2. The van der Waals surface area contributed by atoms with Gasteiger partial charge in [0.25, 0.3) is 0 Å². The van der Waals surface area contributed by atoms with Crippen molar-refractivity contribution in [1.82, 2.24) is 0 Å². The van der Waals surface area contributed by atoms with Crippen LogP contribution in [0.1, 0.15) is 12.8 Å². The van der Waals surface area contributed by atoms with Crippen LogP contribution in [0.4, 0.5) is 0 Å². The zero-order chi connectivity index (χ0) is 9.80. The monoisotopic (exact) mass is 204 g/mol. The fraction of sp³-hybridized carbons (Fsp3) is 0.250. The molecule has 1 aromatic carbocycles. The van der Waals surface area contributed by atoms with Gasteiger partial charge in [0, 0.05) is 5.92 Å². The fourth-order valence-corrected chi connectivity index (χ4v) is 3.04. The first kappa shape index (κ1) is 9.61. The number of rotatable bonds is 3. The van der Waals surface area contributed by atoms with Gasteiger partial charge in [0.05, 0.1) is 0 Å². The van der Waals surface area contributed by atoms with Crippen LogP contribution in [0.15, 0.2) is 41.7 Å². The van der Waals surface area contributed by atoms with Crippen LogP contribution >= 0.6 is 8.58 Å². The molecule has 1 aliphatic carbocycles. The van der Waals surface area contributed by atoms with Gasteiger partial charge >= 0.3 is 0 Å². The largest absolute Gasteiger partial charge is 0.303 e. The van der Waals surface area contributed by atoms with Gasteiger partial charge in [0.1, 0.15) is 6.29 Å². The molecule has 1 nitrogen and oxygen atoms in total. The van der Waals surface area contributed by atoms with Gasteiger partial charge in [0.15, 0.2) is 0 Å². The maximum absolute atomic E-state index is 10.8. The lowest BCUT2D eigenvalue weighted by Gasteiger charge is -2.07. The van der Waals surface area contributed by atoms with Crippen molar-refractivity contribution in [2.75, 3.05) is 0 Å². The van der Waals surface area contributed by atoms with E-state index in [9.17, 15) is 4.79 Å². The van der Waals surface area contributed by atoms with Gasteiger partial charge in [-0.2, -0.15) is 0 Å². The lowest BCUT2D eigenvalue weighted by atomic mass is 10.1. The van der Waals surface area contributed by atoms with Crippen LogP contribution < -0.4 is 5.30 Å². The number of hydrogen-bond acceptors (Lipinski definition) is 1. The van der Waals surface area contributed by atoms with Gasteiger partial charge in [-0.25, -0.2) is 0 Å². The molecule has 0 heterocycles. The fourth-order valence-electron chi connectivity index (χ4n) is 1.70. The third-order valence-corrected chi connectivity index (χ3v) is 3.95. The van der Waals surface area contributed by atoms with Crippen molar-refractivity contribution in [3.63, 3.8) is 0 Å². The summed E-state index contributed by atoms with van der Waals surface area (Å²) >= 11 is 0. The summed E-state index contributed by atoms with van der Waals surface area (Å²) in [5.41, 5.74) is 0. The van der Waals surface area contributed by atoms with Crippen LogP contribution in [0.5, 0.6) is 0 Å². The van der Waals surface area contributed by atoms with Crippen molar-refractivity contribution in [1.29, 1.82) is 0 Å². The normalized spacial score (nSPS) is 21.4. The predicted octanol–water partition coefficient (Wildman–Crippen LogP) is 2.48. The highest BCUT2D eigenvalue weighted by Crippen LogP contribution is 2.36. The number of aldehydes is 1. The first-order valence-electron chi connectivity index (χ1n) is 4.87. The molecule has 0 amide bonds. The topological polar surface area (TPSA) is 17.1 Å². The van der Waals surface area contributed by atoms with Crippen molar-refractivity contribution >= 4 is 20.2 Å². The summed E-state index contributed by atoms with van der Waals surface area (Å²) in [6.07, 6.45) is 5.40. The summed E-state index contributed by atoms with van der Waals surface area (Å²) in [7, 11) is 0.675. The van der Waals surface area contributed by atoms with E-state index in [1.54, 1.807) is 0 Å². The Hall–Kier alpha value is -0.940. The van der Waals surface area contributed by atoms with E-state index in [-0.39, 0.29) is 5.92 Å². The Balaban J connectivity index is 2.08. The van der Waals surface area contributed by atoms with Gasteiger partial charge < -0.3 is 4.79 Å². The van der Waals surface area contributed by atoms with Gasteiger partial charge in [-0.1, -0.05) is 45.0 Å². The summed E-state index contributed by atoms with van der Waals surface area (Å²) in [5, 5.41) is 2.65. The molecule has 0 spiro atoms. The Morgan fingerprint density at radius 2 is 2.07 bits per heavy atom. The summed E-state index contributed by atoms with van der Waals surface area (Å²) < 4.78 is 0. The number of benzene rings is 1. The first-order valence-corrected chi connectivity index (χ1v) is 5.87. The Kier molecular flexibility index (Phi) is 3.10. The van der Waals surface area contributed by atoms with E-state index < -0.39 is 0 Å². The molecule has 1 unspecified atom stereocenters. The molecule has 0 bridgehead atoms. The molecule has 2 rings (SSSR count). The van der Waals surface area contributed by atoms with Crippen molar-refractivity contribution in [2.24, 2.45) is 5.92 Å². The highest BCUT2D eigenvalue weighted by Gasteiger charge is 2.18. The Labute approximate surface area is 86.0 Å². The maximum atomic E-state index is 10.8. The van der Waals surface area contributed by atoms with Crippen molar-refractivity contribution in [2.45, 2.75) is 12.8 Å². The number of carbonyl (C=O) groups excluding carboxylic acids is 1. The van der Waals surface area contributed by atoms with E-state index in [0.29, 0.717) is 8.58 Å². The molecular formula is C12H13OP. The highest BCUT2D eigenvalue weighted by molar-refractivity contribution is 7.51. The van der Waals surface area contributed by atoms with Crippen LogP contribution in [0.3, 0.4) is 0 Å². The summed E-state index contributed by atoms with van der Waals surface area (Å²) in [6.45, 7) is 0. The van der Waals surface area contributed by atoms with Gasteiger partial charge in [-0.15, -0.1) is 0 Å². The molecule has 14 heavy (non-hydrogen) atoms. The minimum Gasteiger partial charge on any atom is -0.303 e. The maximum Gasteiger partial charge on any atom is 0.127 e. The van der Waals surface area contributed by atoms with Crippen molar-refractivity contribution < 1.29 is 4.79 Å². The molecule has 0 saturated heterocycles. The summed E-state index contributed by atoms with van der Waals surface area (Å²) in [6, 6.07) is 10.4. The lowest BCUT2D eigenvalue weighted by molar-refractivity contribution is -0.109. The lowest BCUT2D eigenvalue weighted by Crippen LogP contribution is -2.00. The second-order valence-electron chi connectivity index (χ2n) is 3.47.